The first-order valence-corrected chi connectivity index (χ1v) is 11.5. The summed E-state index contributed by atoms with van der Waals surface area (Å²) in [6, 6.07) is 10.9. The van der Waals surface area contributed by atoms with Gasteiger partial charge in [0.1, 0.15) is 0 Å². The number of anilines is 2. The summed E-state index contributed by atoms with van der Waals surface area (Å²) in [6.45, 7) is 6.88. The zero-order chi connectivity index (χ0) is 23.8. The summed E-state index contributed by atoms with van der Waals surface area (Å²) in [7, 11) is 1.58. The first-order chi connectivity index (χ1) is 16.0. The van der Waals surface area contributed by atoms with Gasteiger partial charge in [0.2, 0.25) is 11.8 Å². The van der Waals surface area contributed by atoms with E-state index in [-0.39, 0.29) is 11.8 Å². The molecule has 0 radical (unpaired) electrons. The van der Waals surface area contributed by atoms with Crippen molar-refractivity contribution < 1.29 is 19.1 Å². The monoisotopic (exact) mass is 471 g/mol. The second-order valence-electron chi connectivity index (χ2n) is 7.52. The summed E-state index contributed by atoms with van der Waals surface area (Å²) < 4.78 is 10.9. The van der Waals surface area contributed by atoms with Crippen molar-refractivity contribution in [3.8, 4) is 11.5 Å². The highest BCUT2D eigenvalue weighted by atomic mass is 35.5. The van der Waals surface area contributed by atoms with Crippen LogP contribution in [0, 0.1) is 0 Å². The molecule has 0 saturated carbocycles. The van der Waals surface area contributed by atoms with Crippen LogP contribution in [-0.2, 0) is 9.59 Å². The zero-order valence-electron chi connectivity index (χ0n) is 19.3. The molecule has 2 aromatic carbocycles. The van der Waals surface area contributed by atoms with E-state index in [1.54, 1.807) is 25.3 Å². The van der Waals surface area contributed by atoms with E-state index in [9.17, 15) is 9.59 Å². The fraction of sp³-hybridized carbons (Fsp3) is 0.360. The van der Waals surface area contributed by atoms with Crippen LogP contribution in [0.15, 0.2) is 42.5 Å². The third-order valence-corrected chi connectivity index (χ3v) is 5.72. The minimum atomic E-state index is -0.272. The molecule has 0 spiro atoms. The van der Waals surface area contributed by atoms with Crippen molar-refractivity contribution in [1.29, 1.82) is 0 Å². The summed E-state index contributed by atoms with van der Waals surface area (Å²) >= 11 is 6.50. The second-order valence-corrected chi connectivity index (χ2v) is 7.93. The van der Waals surface area contributed by atoms with Crippen LogP contribution in [-0.4, -0.2) is 56.6 Å². The Morgan fingerprint density at radius 2 is 1.85 bits per heavy atom. The van der Waals surface area contributed by atoms with Crippen LogP contribution in [0.4, 0.5) is 11.4 Å². The minimum absolute atomic E-state index is 0.151. The molecule has 1 aliphatic heterocycles. The van der Waals surface area contributed by atoms with Crippen LogP contribution in [0.5, 0.6) is 11.5 Å². The van der Waals surface area contributed by atoms with Gasteiger partial charge in [0.05, 0.1) is 30.1 Å². The number of nitrogens with one attached hydrogen (secondary N) is 1. The van der Waals surface area contributed by atoms with Crippen molar-refractivity contribution in [1.82, 2.24) is 4.90 Å². The summed E-state index contributed by atoms with van der Waals surface area (Å²) in [5.41, 5.74) is 2.22. The highest BCUT2D eigenvalue weighted by Gasteiger charge is 2.23. The van der Waals surface area contributed by atoms with E-state index in [0.29, 0.717) is 61.4 Å². The van der Waals surface area contributed by atoms with Crippen molar-refractivity contribution >= 4 is 40.9 Å². The highest BCUT2D eigenvalue weighted by Crippen LogP contribution is 2.35. The maximum atomic E-state index is 12.7. The quantitative estimate of drug-likeness (QED) is 0.575. The summed E-state index contributed by atoms with van der Waals surface area (Å²) in [4.78, 5) is 28.6. The Balaban J connectivity index is 1.71. The predicted molar refractivity (Wildman–Crippen MR) is 132 cm³/mol. The van der Waals surface area contributed by atoms with Gasteiger partial charge in [-0.3, -0.25) is 9.59 Å². The van der Waals surface area contributed by atoms with Gasteiger partial charge in [0, 0.05) is 38.7 Å². The Bertz CT molecular complexity index is 1020. The molecular formula is C25H30ClN3O4. The van der Waals surface area contributed by atoms with Gasteiger partial charge < -0.3 is 24.6 Å². The second kappa shape index (κ2) is 11.6. The Morgan fingerprint density at radius 1 is 1.09 bits per heavy atom. The van der Waals surface area contributed by atoms with Crippen molar-refractivity contribution in [3.05, 3.63) is 53.1 Å². The van der Waals surface area contributed by atoms with E-state index in [1.165, 1.54) is 6.08 Å². The van der Waals surface area contributed by atoms with Gasteiger partial charge >= 0.3 is 0 Å². The Hall–Kier alpha value is -3.19. The molecule has 7 nitrogen and oxygen atoms in total. The molecule has 1 aliphatic rings. The fourth-order valence-corrected chi connectivity index (χ4v) is 4.04. The third-order valence-electron chi connectivity index (χ3n) is 5.41. The molecule has 3 rings (SSSR count). The number of para-hydroxylation sites is 1. The van der Waals surface area contributed by atoms with Crippen molar-refractivity contribution in [2.45, 2.75) is 20.3 Å². The van der Waals surface area contributed by atoms with E-state index in [2.05, 4.69) is 10.2 Å². The number of carbonyl (C=O) groups excluding carboxylic acids is 2. The normalized spacial score (nSPS) is 13.8. The largest absolute Gasteiger partial charge is 0.493 e. The molecule has 176 valence electrons. The number of amides is 2. The third kappa shape index (κ3) is 6.20. The molecule has 1 N–H and O–H groups in total. The molecule has 1 saturated heterocycles. The van der Waals surface area contributed by atoms with Gasteiger partial charge in [-0.1, -0.05) is 30.7 Å². The highest BCUT2D eigenvalue weighted by molar-refractivity contribution is 6.34. The lowest BCUT2D eigenvalue weighted by Gasteiger charge is -2.37. The zero-order valence-corrected chi connectivity index (χ0v) is 20.0. The topological polar surface area (TPSA) is 71.1 Å². The minimum Gasteiger partial charge on any atom is -0.493 e. The van der Waals surface area contributed by atoms with E-state index < -0.39 is 0 Å². The number of rotatable bonds is 8. The van der Waals surface area contributed by atoms with Gasteiger partial charge in [-0.25, -0.2) is 0 Å². The molecule has 2 aromatic rings. The van der Waals surface area contributed by atoms with Gasteiger partial charge in [-0.2, -0.15) is 0 Å². The van der Waals surface area contributed by atoms with Crippen LogP contribution in [0.3, 0.4) is 0 Å². The Kier molecular flexibility index (Phi) is 8.60. The first-order valence-electron chi connectivity index (χ1n) is 11.1. The number of methoxy groups -OCH3 is 1. The predicted octanol–water partition coefficient (Wildman–Crippen LogP) is 4.46. The SMILES string of the molecule is CCOc1ccc(/C=C/C(=O)Nc2cccc(Cl)c2N2CCN(C(=O)CC)CC2)cc1OC. The van der Waals surface area contributed by atoms with Gasteiger partial charge in [-0.15, -0.1) is 0 Å². The fourth-order valence-electron chi connectivity index (χ4n) is 3.75. The van der Waals surface area contributed by atoms with E-state index in [0.717, 1.165) is 11.3 Å². The van der Waals surface area contributed by atoms with Crippen molar-refractivity contribution in [2.75, 3.05) is 50.1 Å². The molecule has 2 amide bonds. The molecule has 33 heavy (non-hydrogen) atoms. The standard InChI is InChI=1S/C25H30ClN3O4/c1-4-24(31)28-13-15-29(16-14-28)25-19(26)7-6-8-20(25)27-23(30)12-10-18-9-11-21(33-5-2)22(17-18)32-3/h6-12,17H,4-5,13-16H2,1-3H3,(H,27,30)/b12-10+. The average Bonchev–Trinajstić information content (AvgIpc) is 2.83. The number of benzene rings is 2. The van der Waals surface area contributed by atoms with E-state index in [4.69, 9.17) is 21.1 Å². The maximum absolute atomic E-state index is 12.7. The lowest BCUT2D eigenvalue weighted by molar-refractivity contribution is -0.131. The maximum Gasteiger partial charge on any atom is 0.248 e. The molecule has 0 aliphatic carbocycles. The molecule has 1 heterocycles. The van der Waals surface area contributed by atoms with Crippen LogP contribution in [0.1, 0.15) is 25.8 Å². The summed E-state index contributed by atoms with van der Waals surface area (Å²) in [5.74, 6) is 1.15. The van der Waals surface area contributed by atoms with Gasteiger partial charge in [0.15, 0.2) is 11.5 Å². The number of halogens is 1. The Morgan fingerprint density at radius 3 is 2.52 bits per heavy atom. The van der Waals surface area contributed by atoms with Crippen molar-refractivity contribution in [2.24, 2.45) is 0 Å². The molecule has 0 unspecified atom stereocenters. The van der Waals surface area contributed by atoms with E-state index >= 15 is 0 Å². The van der Waals surface area contributed by atoms with Crippen LogP contribution in [0.2, 0.25) is 5.02 Å². The smallest absolute Gasteiger partial charge is 0.248 e. The van der Waals surface area contributed by atoms with Crippen LogP contribution in [0.25, 0.3) is 6.08 Å². The summed E-state index contributed by atoms with van der Waals surface area (Å²) in [6.07, 6.45) is 3.69. The molecule has 0 bridgehead atoms. The molecule has 0 aromatic heterocycles. The first kappa shape index (κ1) is 24.5. The number of nitrogens with zero attached hydrogens (tertiary/aromatic N) is 2. The van der Waals surface area contributed by atoms with Crippen LogP contribution >= 0.6 is 11.6 Å². The van der Waals surface area contributed by atoms with Crippen LogP contribution < -0.4 is 19.7 Å². The molecule has 8 heteroatoms. The molecule has 0 atom stereocenters. The van der Waals surface area contributed by atoms with Gasteiger partial charge in [0.25, 0.3) is 0 Å². The van der Waals surface area contributed by atoms with Gasteiger partial charge in [-0.05, 0) is 42.8 Å². The molecule has 1 fully saturated rings. The number of carbonyl (C=O) groups is 2. The lowest BCUT2D eigenvalue weighted by Crippen LogP contribution is -2.48. The lowest BCUT2D eigenvalue weighted by atomic mass is 10.1. The average molecular weight is 472 g/mol. The van der Waals surface area contributed by atoms with Crippen molar-refractivity contribution in [3.63, 3.8) is 0 Å². The number of hydrogen-bond acceptors (Lipinski definition) is 5. The number of ether oxygens (including phenoxy) is 2. The van der Waals surface area contributed by atoms with E-state index in [1.807, 2.05) is 43.0 Å². The number of piperazine rings is 1. The molecular weight excluding hydrogens is 442 g/mol. The Labute approximate surface area is 199 Å². The number of hydrogen-bond donors (Lipinski definition) is 1. The summed E-state index contributed by atoms with van der Waals surface area (Å²) in [5, 5.41) is 3.49.